The molecule has 0 radical (unpaired) electrons. The van der Waals surface area contributed by atoms with Crippen LogP contribution in [0.25, 0.3) is 0 Å². The van der Waals surface area contributed by atoms with E-state index in [-0.39, 0.29) is 17.9 Å². The number of benzene rings is 1. The molecule has 6 heteroatoms. The van der Waals surface area contributed by atoms with Crippen LogP contribution in [-0.4, -0.2) is 46.4 Å². The summed E-state index contributed by atoms with van der Waals surface area (Å²) in [7, 11) is 1.51. The van der Waals surface area contributed by atoms with Crippen molar-refractivity contribution >= 4 is 17.2 Å². The Bertz CT molecular complexity index is 487. The number of likely N-dealkylation sites (tertiary alicyclic amines) is 1. The number of methoxy groups -OCH3 is 1. The van der Waals surface area contributed by atoms with Gasteiger partial charge in [-0.15, -0.1) is 0 Å². The van der Waals surface area contributed by atoms with E-state index in [1.54, 1.807) is 18.2 Å². The fourth-order valence-electron chi connectivity index (χ4n) is 2.56. The van der Waals surface area contributed by atoms with Gasteiger partial charge in [0.15, 0.2) is 11.5 Å². The van der Waals surface area contributed by atoms with Gasteiger partial charge in [0.2, 0.25) is 0 Å². The van der Waals surface area contributed by atoms with Crippen molar-refractivity contribution < 1.29 is 14.9 Å². The third-order valence-electron chi connectivity index (χ3n) is 3.65. The van der Waals surface area contributed by atoms with Crippen molar-refractivity contribution in [2.24, 2.45) is 5.73 Å². The molecule has 2 rings (SSSR count). The quantitative estimate of drug-likeness (QED) is 0.724. The molecule has 1 saturated heterocycles. The molecule has 1 unspecified atom stereocenters. The summed E-state index contributed by atoms with van der Waals surface area (Å²) < 4.78 is 5.13. The minimum absolute atomic E-state index is 0.0898. The van der Waals surface area contributed by atoms with E-state index in [4.69, 9.17) is 22.7 Å². The van der Waals surface area contributed by atoms with E-state index < -0.39 is 0 Å². The molecule has 4 N–H and O–H groups in total. The SMILES string of the molecule is COc1cc(C(C(N)=S)N2CCC(O)CC2)ccc1O. The first kappa shape index (κ1) is 15.0. The number of aliphatic hydroxyl groups is 1. The van der Waals surface area contributed by atoms with Crippen molar-refractivity contribution in [3.8, 4) is 11.5 Å². The van der Waals surface area contributed by atoms with Gasteiger partial charge in [0, 0.05) is 13.1 Å². The third kappa shape index (κ3) is 3.20. The van der Waals surface area contributed by atoms with E-state index in [1.807, 2.05) is 0 Å². The molecule has 110 valence electrons. The molecule has 0 bridgehead atoms. The summed E-state index contributed by atoms with van der Waals surface area (Å²) in [6.07, 6.45) is 1.19. The molecule has 1 heterocycles. The molecule has 0 spiro atoms. The van der Waals surface area contributed by atoms with Gasteiger partial charge in [0.1, 0.15) is 0 Å². The van der Waals surface area contributed by atoms with Crippen LogP contribution in [0.1, 0.15) is 24.4 Å². The predicted octanol–water partition coefficient (Wildman–Crippen LogP) is 1.18. The largest absolute Gasteiger partial charge is 0.504 e. The van der Waals surface area contributed by atoms with E-state index in [2.05, 4.69) is 4.90 Å². The van der Waals surface area contributed by atoms with Crippen molar-refractivity contribution in [2.45, 2.75) is 25.0 Å². The smallest absolute Gasteiger partial charge is 0.160 e. The number of nitrogens with two attached hydrogens (primary N) is 1. The first-order chi connectivity index (χ1) is 9.52. The molecular formula is C14H20N2O3S. The summed E-state index contributed by atoms with van der Waals surface area (Å²) in [5, 5.41) is 19.3. The summed E-state index contributed by atoms with van der Waals surface area (Å²) in [4.78, 5) is 2.54. The fraction of sp³-hybridized carbons (Fsp3) is 0.500. The van der Waals surface area contributed by atoms with Crippen molar-refractivity contribution in [1.82, 2.24) is 4.90 Å². The minimum atomic E-state index is -0.243. The first-order valence-electron chi connectivity index (χ1n) is 6.61. The highest BCUT2D eigenvalue weighted by Gasteiger charge is 2.27. The Balaban J connectivity index is 2.26. The Morgan fingerprint density at radius 3 is 2.65 bits per heavy atom. The average Bonchev–Trinajstić information content (AvgIpc) is 2.42. The Morgan fingerprint density at radius 1 is 1.45 bits per heavy atom. The maximum absolute atomic E-state index is 9.66. The van der Waals surface area contributed by atoms with E-state index in [0.29, 0.717) is 23.6 Å². The highest BCUT2D eigenvalue weighted by Crippen LogP contribution is 2.32. The number of aliphatic hydroxyl groups excluding tert-OH is 1. The average molecular weight is 296 g/mol. The van der Waals surface area contributed by atoms with Crippen LogP contribution < -0.4 is 10.5 Å². The summed E-state index contributed by atoms with van der Waals surface area (Å²) in [6, 6.07) is 4.93. The van der Waals surface area contributed by atoms with Crippen LogP contribution in [0.4, 0.5) is 0 Å². The van der Waals surface area contributed by atoms with Gasteiger partial charge in [0.25, 0.3) is 0 Å². The number of thiocarbonyl (C=S) groups is 1. The van der Waals surface area contributed by atoms with E-state index in [0.717, 1.165) is 18.7 Å². The lowest BCUT2D eigenvalue weighted by atomic mass is 10.00. The summed E-state index contributed by atoms with van der Waals surface area (Å²) in [6.45, 7) is 1.48. The molecule has 1 aromatic rings. The van der Waals surface area contributed by atoms with Gasteiger partial charge in [-0.25, -0.2) is 0 Å². The van der Waals surface area contributed by atoms with E-state index in [1.165, 1.54) is 7.11 Å². The lowest BCUT2D eigenvalue weighted by Gasteiger charge is -2.36. The second-order valence-electron chi connectivity index (χ2n) is 5.00. The maximum atomic E-state index is 9.66. The second kappa shape index (κ2) is 6.39. The molecule has 5 nitrogen and oxygen atoms in total. The molecule has 0 saturated carbocycles. The van der Waals surface area contributed by atoms with Gasteiger partial charge in [-0.2, -0.15) is 0 Å². The van der Waals surface area contributed by atoms with Crippen molar-refractivity contribution in [1.29, 1.82) is 0 Å². The molecule has 1 aromatic carbocycles. The fourth-order valence-corrected chi connectivity index (χ4v) is 2.85. The molecule has 0 amide bonds. The van der Waals surface area contributed by atoms with Gasteiger partial charge in [-0.1, -0.05) is 18.3 Å². The van der Waals surface area contributed by atoms with Crippen molar-refractivity contribution in [3.05, 3.63) is 23.8 Å². The molecule has 1 aliphatic rings. The van der Waals surface area contributed by atoms with Crippen LogP contribution in [-0.2, 0) is 0 Å². The van der Waals surface area contributed by atoms with Gasteiger partial charge >= 0.3 is 0 Å². The lowest BCUT2D eigenvalue weighted by Crippen LogP contribution is -2.43. The Labute approximate surface area is 124 Å². The number of ether oxygens (including phenoxy) is 1. The summed E-state index contributed by atoms with van der Waals surface area (Å²) in [5.74, 6) is 0.493. The highest BCUT2D eigenvalue weighted by molar-refractivity contribution is 7.80. The molecule has 1 fully saturated rings. The van der Waals surface area contributed by atoms with Crippen LogP contribution >= 0.6 is 12.2 Å². The topological polar surface area (TPSA) is 79.0 Å². The Kier molecular flexibility index (Phi) is 4.80. The summed E-state index contributed by atoms with van der Waals surface area (Å²) in [5.41, 5.74) is 6.78. The van der Waals surface area contributed by atoms with Gasteiger partial charge in [0.05, 0.1) is 24.2 Å². The molecule has 20 heavy (non-hydrogen) atoms. The maximum Gasteiger partial charge on any atom is 0.160 e. The summed E-state index contributed by atoms with van der Waals surface area (Å²) >= 11 is 5.19. The van der Waals surface area contributed by atoms with Gasteiger partial charge in [-0.3, -0.25) is 4.90 Å². The number of aromatic hydroxyl groups is 1. The third-order valence-corrected chi connectivity index (χ3v) is 3.88. The monoisotopic (exact) mass is 296 g/mol. The Hall–Kier alpha value is -1.37. The standard InChI is InChI=1S/C14H20N2O3S/c1-19-12-8-9(2-3-11(12)18)13(14(15)20)16-6-4-10(17)5-7-16/h2-3,8,10,13,17-18H,4-7H2,1H3,(H2,15,20). The van der Waals surface area contributed by atoms with Crippen LogP contribution in [0.2, 0.25) is 0 Å². The molecule has 0 aromatic heterocycles. The normalized spacial score (nSPS) is 18.7. The van der Waals surface area contributed by atoms with Crippen LogP contribution in [0.15, 0.2) is 18.2 Å². The van der Waals surface area contributed by atoms with Crippen molar-refractivity contribution in [2.75, 3.05) is 20.2 Å². The molecule has 1 atom stereocenters. The predicted molar refractivity (Wildman–Crippen MR) is 81.0 cm³/mol. The zero-order valence-corrected chi connectivity index (χ0v) is 12.3. The first-order valence-corrected chi connectivity index (χ1v) is 7.02. The molecule has 1 aliphatic heterocycles. The second-order valence-corrected chi connectivity index (χ2v) is 5.47. The highest BCUT2D eigenvalue weighted by atomic mass is 32.1. The van der Waals surface area contributed by atoms with Crippen LogP contribution in [0, 0.1) is 0 Å². The van der Waals surface area contributed by atoms with Crippen LogP contribution in [0.5, 0.6) is 11.5 Å². The molecular weight excluding hydrogens is 276 g/mol. The number of phenols is 1. The lowest BCUT2D eigenvalue weighted by molar-refractivity contribution is 0.0739. The minimum Gasteiger partial charge on any atom is -0.504 e. The van der Waals surface area contributed by atoms with Gasteiger partial charge < -0.3 is 20.7 Å². The number of phenolic OH excluding ortho intramolecular Hbond substituents is 1. The number of hydrogen-bond donors (Lipinski definition) is 3. The number of hydrogen-bond acceptors (Lipinski definition) is 5. The zero-order valence-electron chi connectivity index (χ0n) is 11.5. The van der Waals surface area contributed by atoms with Gasteiger partial charge in [-0.05, 0) is 30.5 Å². The zero-order chi connectivity index (χ0) is 14.7. The number of piperidine rings is 1. The van der Waals surface area contributed by atoms with Crippen molar-refractivity contribution in [3.63, 3.8) is 0 Å². The number of rotatable bonds is 4. The van der Waals surface area contributed by atoms with E-state index >= 15 is 0 Å². The number of nitrogens with zero attached hydrogens (tertiary/aromatic N) is 1. The van der Waals surface area contributed by atoms with E-state index in [9.17, 15) is 10.2 Å². The molecule has 0 aliphatic carbocycles. The van der Waals surface area contributed by atoms with Crippen LogP contribution in [0.3, 0.4) is 0 Å². The Morgan fingerprint density at radius 2 is 2.10 bits per heavy atom.